The number of benzene rings is 1. The molecule has 1 aliphatic rings. The summed E-state index contributed by atoms with van der Waals surface area (Å²) in [7, 11) is 6.34. The molecule has 1 aliphatic heterocycles. The SMILES string of the molecule is CC(C)C[C@H](NC(=O)[C@@H](NC(=O)[C@H](Cc1ccc(O)cc1)NC(=O)[C@@H]1CCCN1C(=O)[C@H](CCCN=C(N)N)NC(=O)[C@@H](C)CCCC[N+](C)(C)C)C(C)(C)C)C(=O)O. The molecule has 0 aromatic heterocycles. The summed E-state index contributed by atoms with van der Waals surface area (Å²) in [5.74, 6) is -4.34. The molecule has 0 unspecified atom stereocenters. The van der Waals surface area contributed by atoms with E-state index in [1.54, 1.807) is 32.9 Å². The Morgan fingerprint density at radius 3 is 2.03 bits per heavy atom. The Hall–Kier alpha value is -4.93. The molecule has 0 bridgehead atoms. The number of phenolic OH excluding ortho intramolecular Hbond substituents is 1. The molecule has 1 saturated heterocycles. The van der Waals surface area contributed by atoms with Crippen LogP contribution in [-0.2, 0) is 35.2 Å². The molecule has 10 N–H and O–H groups in total. The van der Waals surface area contributed by atoms with Crippen molar-refractivity contribution < 1.29 is 43.5 Å². The van der Waals surface area contributed by atoms with Gasteiger partial charge < -0.3 is 52.3 Å². The van der Waals surface area contributed by atoms with Crippen LogP contribution >= 0.6 is 0 Å². The standard InChI is InChI=1S/C42H71N9O8/c1-26(2)24-32(40(58)59)48-38(56)34(42(4,5)6)49-36(54)31(25-28-17-19-29(52)20-18-28)47-37(55)33-16-13-22-50(33)39(57)30(15-12-21-45-41(43)44)46-35(53)27(3)14-10-11-23-51(7,8)9/h17-20,26-27,30-34H,10-16,21-25H2,1-9H3,(H9-,43,44,45,46,47,48,49,52,53,54,55,56,58,59)/p+1/t27-,30-,31-,32-,33-,34+/m0/s1. The molecular formula is C42H72N9O8+. The van der Waals surface area contributed by atoms with Gasteiger partial charge in [-0.15, -0.1) is 0 Å². The van der Waals surface area contributed by atoms with E-state index in [0.29, 0.717) is 31.2 Å². The predicted molar refractivity (Wildman–Crippen MR) is 227 cm³/mol. The number of carboxylic acid groups (broad SMARTS) is 1. The number of nitrogens with zero attached hydrogens (tertiary/aromatic N) is 3. The lowest BCUT2D eigenvalue weighted by Crippen LogP contribution is -2.61. The smallest absolute Gasteiger partial charge is 0.326 e. The van der Waals surface area contributed by atoms with Gasteiger partial charge in [-0.3, -0.25) is 29.0 Å². The molecule has 6 atom stereocenters. The lowest BCUT2D eigenvalue weighted by Gasteiger charge is -2.33. The number of nitrogens with one attached hydrogen (secondary N) is 4. The van der Waals surface area contributed by atoms with Gasteiger partial charge in [0.15, 0.2) is 5.96 Å². The molecule has 0 aliphatic carbocycles. The second-order valence-electron chi connectivity index (χ2n) is 18.4. The average Bonchev–Trinajstić information content (AvgIpc) is 3.62. The van der Waals surface area contributed by atoms with Crippen LogP contribution in [0, 0.1) is 17.3 Å². The molecule has 0 spiro atoms. The van der Waals surface area contributed by atoms with Crippen molar-refractivity contribution in [1.29, 1.82) is 0 Å². The number of phenols is 1. The third-order valence-electron chi connectivity index (χ3n) is 10.3. The summed E-state index contributed by atoms with van der Waals surface area (Å²) in [4.78, 5) is 87.0. The first-order valence-corrected chi connectivity index (χ1v) is 20.8. The van der Waals surface area contributed by atoms with Crippen LogP contribution in [0.3, 0.4) is 0 Å². The summed E-state index contributed by atoms with van der Waals surface area (Å²) in [5.41, 5.74) is 10.7. The third-order valence-corrected chi connectivity index (χ3v) is 10.3. The molecule has 1 aromatic rings. The molecule has 17 nitrogen and oxygen atoms in total. The van der Waals surface area contributed by atoms with Crippen LogP contribution in [0.1, 0.15) is 98.5 Å². The van der Waals surface area contributed by atoms with E-state index in [2.05, 4.69) is 47.4 Å². The number of likely N-dealkylation sites (tertiary alicyclic amines) is 1. The fourth-order valence-electron chi connectivity index (χ4n) is 6.96. The summed E-state index contributed by atoms with van der Waals surface area (Å²) >= 11 is 0. The van der Waals surface area contributed by atoms with Gasteiger partial charge in [0, 0.05) is 25.4 Å². The van der Waals surface area contributed by atoms with E-state index in [1.807, 2.05) is 20.8 Å². The van der Waals surface area contributed by atoms with Crippen molar-refractivity contribution in [1.82, 2.24) is 26.2 Å². The summed E-state index contributed by atoms with van der Waals surface area (Å²) in [6.45, 7) is 12.1. The minimum atomic E-state index is -1.24. The number of aromatic hydroxyl groups is 1. The van der Waals surface area contributed by atoms with Crippen molar-refractivity contribution in [2.45, 2.75) is 130 Å². The number of hydrogen-bond acceptors (Lipinski definition) is 8. The zero-order valence-corrected chi connectivity index (χ0v) is 36.7. The maximum Gasteiger partial charge on any atom is 0.326 e. The quantitative estimate of drug-likeness (QED) is 0.0342. The number of quaternary nitrogens is 1. The molecular weight excluding hydrogens is 759 g/mol. The predicted octanol–water partition coefficient (Wildman–Crippen LogP) is 1.61. The first-order valence-electron chi connectivity index (χ1n) is 20.8. The second-order valence-corrected chi connectivity index (χ2v) is 18.4. The van der Waals surface area contributed by atoms with Gasteiger partial charge >= 0.3 is 5.97 Å². The van der Waals surface area contributed by atoms with Crippen molar-refractivity contribution in [3.8, 4) is 5.75 Å². The molecule has 0 saturated carbocycles. The van der Waals surface area contributed by atoms with Gasteiger partial charge in [-0.2, -0.15) is 0 Å². The summed E-state index contributed by atoms with van der Waals surface area (Å²) in [6, 6.07) is 0.590. The Morgan fingerprint density at radius 2 is 1.47 bits per heavy atom. The number of carbonyl (C=O) groups excluding carboxylic acids is 5. The maximum atomic E-state index is 14.2. The molecule has 0 radical (unpaired) electrons. The topological polar surface area (TPSA) is 259 Å². The van der Waals surface area contributed by atoms with Crippen molar-refractivity contribution in [2.75, 3.05) is 40.8 Å². The van der Waals surface area contributed by atoms with E-state index >= 15 is 0 Å². The number of aliphatic imine (C=N–C) groups is 1. The van der Waals surface area contributed by atoms with Crippen molar-refractivity contribution in [3.05, 3.63) is 29.8 Å². The molecule has 332 valence electrons. The fourth-order valence-corrected chi connectivity index (χ4v) is 6.96. The largest absolute Gasteiger partial charge is 0.508 e. The minimum absolute atomic E-state index is 0.00643. The number of nitrogens with two attached hydrogens (primary N) is 2. The number of guanidine groups is 1. The third kappa shape index (κ3) is 17.8. The normalized spacial score (nSPS) is 16.9. The monoisotopic (exact) mass is 831 g/mol. The number of aliphatic carboxylic acids is 1. The first kappa shape index (κ1) is 50.2. The van der Waals surface area contributed by atoms with E-state index in [4.69, 9.17) is 11.5 Å². The number of rotatable bonds is 23. The van der Waals surface area contributed by atoms with Gasteiger partial charge in [-0.05, 0) is 80.4 Å². The van der Waals surface area contributed by atoms with E-state index in [-0.39, 0.29) is 61.8 Å². The molecule has 5 amide bonds. The van der Waals surface area contributed by atoms with Crippen LogP contribution in [0.25, 0.3) is 0 Å². The summed E-state index contributed by atoms with van der Waals surface area (Å²) in [6.07, 6.45) is 4.02. The number of hydrogen-bond donors (Lipinski definition) is 8. The number of carboxylic acids is 1. The van der Waals surface area contributed by atoms with Gasteiger partial charge in [-0.1, -0.05) is 53.7 Å². The lowest BCUT2D eigenvalue weighted by atomic mass is 9.85. The zero-order valence-electron chi connectivity index (χ0n) is 36.7. The Bertz CT molecular complexity index is 1600. The highest BCUT2D eigenvalue weighted by atomic mass is 16.4. The fraction of sp³-hybridized carbons (Fsp3) is 0.690. The van der Waals surface area contributed by atoms with Crippen molar-refractivity contribution >= 4 is 41.5 Å². The van der Waals surface area contributed by atoms with Gasteiger partial charge in [0.05, 0.1) is 27.7 Å². The van der Waals surface area contributed by atoms with Gasteiger partial charge in [0.1, 0.15) is 36.0 Å². The highest BCUT2D eigenvalue weighted by molar-refractivity contribution is 5.96. The lowest BCUT2D eigenvalue weighted by molar-refractivity contribution is -0.870. The number of carbonyl (C=O) groups is 6. The van der Waals surface area contributed by atoms with E-state index < -0.39 is 65.2 Å². The number of amides is 5. The van der Waals surface area contributed by atoms with Crippen LogP contribution in [-0.4, -0.2) is 132 Å². The molecule has 1 aromatic carbocycles. The second kappa shape index (κ2) is 23.0. The van der Waals surface area contributed by atoms with Crippen molar-refractivity contribution in [2.24, 2.45) is 33.7 Å². The van der Waals surface area contributed by atoms with E-state index in [0.717, 1.165) is 23.9 Å². The van der Waals surface area contributed by atoms with E-state index in [9.17, 15) is 39.0 Å². The van der Waals surface area contributed by atoms with Crippen LogP contribution in [0.15, 0.2) is 29.3 Å². The molecule has 1 heterocycles. The number of unbranched alkanes of at least 4 members (excludes halogenated alkanes) is 1. The van der Waals surface area contributed by atoms with E-state index in [1.165, 1.54) is 17.0 Å². The molecule has 1 fully saturated rings. The van der Waals surface area contributed by atoms with Crippen molar-refractivity contribution in [3.63, 3.8) is 0 Å². The minimum Gasteiger partial charge on any atom is -0.508 e. The first-order chi connectivity index (χ1) is 27.4. The van der Waals surface area contributed by atoms with Gasteiger partial charge in [0.25, 0.3) is 0 Å². The maximum absolute atomic E-state index is 14.2. The Kier molecular flexibility index (Phi) is 19.6. The molecule has 59 heavy (non-hydrogen) atoms. The molecule has 2 rings (SSSR count). The van der Waals surface area contributed by atoms with Crippen LogP contribution in [0.4, 0.5) is 0 Å². The zero-order chi connectivity index (χ0) is 44.7. The summed E-state index contributed by atoms with van der Waals surface area (Å²) < 4.78 is 0.821. The Morgan fingerprint density at radius 1 is 0.847 bits per heavy atom. The Balaban J connectivity index is 2.35. The molecule has 17 heteroatoms. The van der Waals surface area contributed by atoms with Crippen LogP contribution in [0.2, 0.25) is 0 Å². The summed E-state index contributed by atoms with van der Waals surface area (Å²) in [5, 5.41) is 30.8. The van der Waals surface area contributed by atoms with Gasteiger partial charge in [0.2, 0.25) is 29.5 Å². The Labute approximate surface area is 350 Å². The highest BCUT2D eigenvalue weighted by Gasteiger charge is 2.41. The average molecular weight is 831 g/mol. The highest BCUT2D eigenvalue weighted by Crippen LogP contribution is 2.23. The van der Waals surface area contributed by atoms with Crippen LogP contribution < -0.4 is 32.7 Å². The van der Waals surface area contributed by atoms with Gasteiger partial charge in [-0.25, -0.2) is 4.79 Å². The van der Waals surface area contributed by atoms with Crippen LogP contribution in [0.5, 0.6) is 5.75 Å².